The number of carbonyl (C=O) groups is 1. The average molecular weight is 324 g/mol. The van der Waals surface area contributed by atoms with Crippen molar-refractivity contribution in [1.29, 1.82) is 0 Å². The van der Waals surface area contributed by atoms with Gasteiger partial charge in [0.2, 0.25) is 5.91 Å². The van der Waals surface area contributed by atoms with Crippen LogP contribution in [0.3, 0.4) is 0 Å². The van der Waals surface area contributed by atoms with Gasteiger partial charge in [0.25, 0.3) is 0 Å². The summed E-state index contributed by atoms with van der Waals surface area (Å²) in [4.78, 5) is 16.8. The smallest absolute Gasteiger partial charge is 0.223 e. The Balaban J connectivity index is 1.52. The molecule has 1 fully saturated rings. The highest BCUT2D eigenvalue weighted by Crippen LogP contribution is 2.22. The average Bonchev–Trinajstić information content (AvgIpc) is 2.63. The Morgan fingerprint density at radius 2 is 1.62 bits per heavy atom. The molecule has 1 amide bonds. The van der Waals surface area contributed by atoms with Gasteiger partial charge in [0.1, 0.15) is 5.75 Å². The summed E-state index contributed by atoms with van der Waals surface area (Å²) in [6, 6.07) is 17.5. The highest BCUT2D eigenvalue weighted by atomic mass is 16.3. The highest BCUT2D eigenvalue weighted by Gasteiger charge is 2.22. The maximum Gasteiger partial charge on any atom is 0.223 e. The van der Waals surface area contributed by atoms with Gasteiger partial charge in [-0.1, -0.05) is 37.3 Å². The number of hydrogen-bond acceptors (Lipinski definition) is 3. The molecule has 24 heavy (non-hydrogen) atoms. The number of rotatable bonds is 4. The van der Waals surface area contributed by atoms with E-state index in [0.717, 1.165) is 31.9 Å². The second-order valence-electron chi connectivity index (χ2n) is 6.40. The monoisotopic (exact) mass is 324 g/mol. The third kappa shape index (κ3) is 3.88. The number of benzene rings is 2. The molecule has 1 saturated heterocycles. The fourth-order valence-corrected chi connectivity index (χ4v) is 3.17. The topological polar surface area (TPSA) is 43.8 Å². The van der Waals surface area contributed by atoms with E-state index < -0.39 is 0 Å². The molecule has 4 heteroatoms. The first-order chi connectivity index (χ1) is 11.6. The molecule has 1 atom stereocenters. The number of anilines is 1. The molecule has 0 saturated carbocycles. The number of piperazine rings is 1. The number of phenols is 1. The van der Waals surface area contributed by atoms with Crippen LogP contribution in [0.4, 0.5) is 5.69 Å². The lowest BCUT2D eigenvalue weighted by atomic mass is 9.97. The van der Waals surface area contributed by atoms with Crippen LogP contribution in [0.25, 0.3) is 0 Å². The Hall–Kier alpha value is -2.49. The van der Waals surface area contributed by atoms with Crippen LogP contribution in [0.2, 0.25) is 0 Å². The second kappa shape index (κ2) is 7.39. The highest BCUT2D eigenvalue weighted by molar-refractivity contribution is 5.77. The summed E-state index contributed by atoms with van der Waals surface area (Å²) in [5.41, 5.74) is 2.31. The third-order valence-corrected chi connectivity index (χ3v) is 4.70. The van der Waals surface area contributed by atoms with Gasteiger partial charge in [-0.2, -0.15) is 0 Å². The van der Waals surface area contributed by atoms with Crippen molar-refractivity contribution >= 4 is 11.6 Å². The van der Waals surface area contributed by atoms with E-state index in [0.29, 0.717) is 6.42 Å². The molecule has 1 aliphatic heterocycles. The van der Waals surface area contributed by atoms with Crippen molar-refractivity contribution in [3.63, 3.8) is 0 Å². The van der Waals surface area contributed by atoms with Gasteiger partial charge in [-0.05, 0) is 35.7 Å². The van der Waals surface area contributed by atoms with Gasteiger partial charge >= 0.3 is 0 Å². The third-order valence-electron chi connectivity index (χ3n) is 4.70. The van der Waals surface area contributed by atoms with Crippen molar-refractivity contribution < 1.29 is 9.90 Å². The van der Waals surface area contributed by atoms with E-state index in [-0.39, 0.29) is 17.6 Å². The van der Waals surface area contributed by atoms with Gasteiger partial charge in [0.15, 0.2) is 0 Å². The molecule has 4 nitrogen and oxygen atoms in total. The molecule has 0 aromatic heterocycles. The number of aromatic hydroxyl groups is 1. The van der Waals surface area contributed by atoms with Crippen molar-refractivity contribution in [1.82, 2.24) is 4.90 Å². The van der Waals surface area contributed by atoms with E-state index in [2.05, 4.69) is 24.0 Å². The quantitative estimate of drug-likeness (QED) is 0.939. The summed E-state index contributed by atoms with van der Waals surface area (Å²) < 4.78 is 0. The predicted molar refractivity (Wildman–Crippen MR) is 96.4 cm³/mol. The summed E-state index contributed by atoms with van der Waals surface area (Å²) in [6.07, 6.45) is 0.559. The van der Waals surface area contributed by atoms with Crippen LogP contribution in [0.5, 0.6) is 5.75 Å². The van der Waals surface area contributed by atoms with Crippen molar-refractivity contribution in [2.75, 3.05) is 31.1 Å². The number of hydrogen-bond donors (Lipinski definition) is 1. The van der Waals surface area contributed by atoms with Crippen LogP contribution >= 0.6 is 0 Å². The molecule has 2 aromatic rings. The Labute approximate surface area is 143 Å². The molecule has 0 radical (unpaired) electrons. The number of phenolic OH excluding ortho intramolecular Hbond substituents is 1. The first-order valence-electron chi connectivity index (χ1n) is 8.50. The van der Waals surface area contributed by atoms with Gasteiger partial charge in [-0.25, -0.2) is 0 Å². The van der Waals surface area contributed by atoms with Crippen LogP contribution in [0.1, 0.15) is 24.8 Å². The molecular formula is C20H24N2O2. The molecule has 0 spiro atoms. The minimum Gasteiger partial charge on any atom is -0.508 e. The molecular weight excluding hydrogens is 300 g/mol. The van der Waals surface area contributed by atoms with Crippen LogP contribution in [0, 0.1) is 0 Å². The van der Waals surface area contributed by atoms with E-state index >= 15 is 0 Å². The number of carbonyl (C=O) groups excluding carboxylic acids is 1. The van der Waals surface area contributed by atoms with Gasteiger partial charge < -0.3 is 14.9 Å². The van der Waals surface area contributed by atoms with Crippen LogP contribution in [-0.2, 0) is 4.79 Å². The van der Waals surface area contributed by atoms with Gasteiger partial charge in [0, 0.05) is 38.3 Å². The summed E-state index contributed by atoms with van der Waals surface area (Å²) in [7, 11) is 0. The lowest BCUT2D eigenvalue weighted by Gasteiger charge is -2.36. The largest absolute Gasteiger partial charge is 0.508 e. The molecule has 1 heterocycles. The van der Waals surface area contributed by atoms with Crippen molar-refractivity contribution in [2.24, 2.45) is 0 Å². The molecule has 0 aliphatic carbocycles. The zero-order valence-corrected chi connectivity index (χ0v) is 14.1. The minimum atomic E-state index is 0.233. The van der Waals surface area contributed by atoms with E-state index in [1.165, 1.54) is 5.56 Å². The van der Waals surface area contributed by atoms with E-state index in [4.69, 9.17) is 0 Å². The molecule has 126 valence electrons. The first kappa shape index (κ1) is 16.4. The van der Waals surface area contributed by atoms with Crippen molar-refractivity contribution in [2.45, 2.75) is 19.3 Å². The molecule has 1 aliphatic rings. The van der Waals surface area contributed by atoms with E-state index in [1.54, 1.807) is 12.1 Å². The van der Waals surface area contributed by atoms with Gasteiger partial charge in [-0.3, -0.25) is 4.79 Å². The van der Waals surface area contributed by atoms with Crippen LogP contribution in [0.15, 0.2) is 54.6 Å². The van der Waals surface area contributed by atoms with Crippen molar-refractivity contribution in [3.05, 3.63) is 60.2 Å². The molecule has 1 unspecified atom stereocenters. The Kier molecular flexibility index (Phi) is 5.04. The Morgan fingerprint density at radius 1 is 1.00 bits per heavy atom. The Bertz CT molecular complexity index is 662. The standard InChI is InChI=1S/C20H24N2O2/c1-16(17-5-3-2-4-6-17)15-20(24)22-13-11-21(12-14-22)18-7-9-19(23)10-8-18/h2-10,16,23H,11-15H2,1H3. The fraction of sp³-hybridized carbons (Fsp3) is 0.350. The lowest BCUT2D eigenvalue weighted by molar-refractivity contribution is -0.131. The van der Waals surface area contributed by atoms with Crippen LogP contribution < -0.4 is 4.90 Å². The minimum absolute atomic E-state index is 0.233. The maximum atomic E-state index is 12.5. The lowest BCUT2D eigenvalue weighted by Crippen LogP contribution is -2.49. The first-order valence-corrected chi connectivity index (χ1v) is 8.50. The van der Waals surface area contributed by atoms with Gasteiger partial charge in [-0.15, -0.1) is 0 Å². The number of nitrogens with zero attached hydrogens (tertiary/aromatic N) is 2. The molecule has 2 aromatic carbocycles. The molecule has 0 bridgehead atoms. The fourth-order valence-electron chi connectivity index (χ4n) is 3.17. The summed E-state index contributed by atoms with van der Waals surface area (Å²) >= 11 is 0. The van der Waals surface area contributed by atoms with Crippen LogP contribution in [-0.4, -0.2) is 42.1 Å². The maximum absolute atomic E-state index is 12.5. The van der Waals surface area contributed by atoms with E-state index in [1.807, 2.05) is 35.2 Å². The zero-order chi connectivity index (χ0) is 16.9. The summed E-state index contributed by atoms with van der Waals surface area (Å²) in [5.74, 6) is 0.757. The second-order valence-corrected chi connectivity index (χ2v) is 6.40. The molecule has 1 N–H and O–H groups in total. The predicted octanol–water partition coefficient (Wildman–Crippen LogP) is 3.23. The zero-order valence-electron chi connectivity index (χ0n) is 14.1. The molecule has 3 rings (SSSR count). The van der Waals surface area contributed by atoms with Crippen molar-refractivity contribution in [3.8, 4) is 5.75 Å². The van der Waals surface area contributed by atoms with E-state index in [9.17, 15) is 9.90 Å². The summed E-state index contributed by atoms with van der Waals surface area (Å²) in [6.45, 7) is 5.27. The Morgan fingerprint density at radius 3 is 2.25 bits per heavy atom. The number of amides is 1. The van der Waals surface area contributed by atoms with Gasteiger partial charge in [0.05, 0.1) is 0 Å². The normalized spacial score (nSPS) is 16.0. The summed E-state index contributed by atoms with van der Waals surface area (Å²) in [5, 5.41) is 9.38. The SMILES string of the molecule is CC(CC(=O)N1CCN(c2ccc(O)cc2)CC1)c1ccccc1.